The largest absolute Gasteiger partial charge is 0.504 e. The zero-order valence-electron chi connectivity index (χ0n) is 17.8. The van der Waals surface area contributed by atoms with Crippen molar-refractivity contribution in [2.75, 3.05) is 13.2 Å². The Kier molecular flexibility index (Phi) is 13.4. The molecule has 0 aromatic heterocycles. The number of carbonyl (C=O) groups is 3. The maximum atomic E-state index is 11.9. The molecule has 1 aromatic rings. The van der Waals surface area contributed by atoms with Gasteiger partial charge in [-0.15, -0.1) is 0 Å². The third-order valence-corrected chi connectivity index (χ3v) is 4.50. The van der Waals surface area contributed by atoms with Gasteiger partial charge in [0.05, 0.1) is 13.2 Å². The highest BCUT2D eigenvalue weighted by Gasteiger charge is 2.37. The highest BCUT2D eigenvalue weighted by molar-refractivity contribution is 6.45. The third kappa shape index (κ3) is 8.75. The normalized spacial score (nSPS) is 18.0. The Hall–Kier alpha value is -2.77. The van der Waals surface area contributed by atoms with Crippen molar-refractivity contribution >= 4 is 17.9 Å². The van der Waals surface area contributed by atoms with Crippen LogP contribution in [0.15, 0.2) is 12.1 Å². The van der Waals surface area contributed by atoms with E-state index in [9.17, 15) is 39.9 Å². The van der Waals surface area contributed by atoms with Gasteiger partial charge in [-0.05, 0) is 12.1 Å². The third-order valence-electron chi connectivity index (χ3n) is 4.50. The van der Waals surface area contributed by atoms with E-state index >= 15 is 0 Å². The van der Waals surface area contributed by atoms with Gasteiger partial charge in [0.1, 0.15) is 48.8 Å². The van der Waals surface area contributed by atoms with Crippen LogP contribution in [0.3, 0.4) is 0 Å². The van der Waals surface area contributed by atoms with Crippen LogP contribution < -0.4 is 0 Å². The number of Topliss-reactive ketones (excluding diaryl/α,β-unsaturated/α-hetero) is 2. The molecule has 35 heavy (non-hydrogen) atoms. The molecule has 0 saturated heterocycles. The number of aliphatic hydroxyl groups is 10. The zero-order valence-corrected chi connectivity index (χ0v) is 17.8. The molecule has 0 spiro atoms. The van der Waals surface area contributed by atoms with Gasteiger partial charge in [-0.25, -0.2) is 0 Å². The average Bonchev–Trinajstić information content (AvgIpc) is 2.86. The SMILES string of the molecule is O=C(C(=O)C(O)C(O)C(O)C(O)CO)c1cc(O)c(O)c(O)c1.O=CC(O)C(O)C(O)C(O)CO. The van der Waals surface area contributed by atoms with E-state index in [-0.39, 0.29) is 6.29 Å². The van der Waals surface area contributed by atoms with Gasteiger partial charge in [-0.2, -0.15) is 0 Å². The number of benzene rings is 1. The minimum Gasteiger partial charge on any atom is -0.504 e. The lowest BCUT2D eigenvalue weighted by atomic mass is 9.95. The quantitative estimate of drug-likeness (QED) is 0.0535. The minimum atomic E-state index is -2.43. The molecular weight excluding hydrogens is 484 g/mol. The van der Waals surface area contributed by atoms with Gasteiger partial charge in [0.15, 0.2) is 23.5 Å². The second-order valence-corrected chi connectivity index (χ2v) is 7.09. The molecule has 0 aliphatic heterocycles. The van der Waals surface area contributed by atoms with Gasteiger partial charge in [0.25, 0.3) is 0 Å². The molecule has 0 aliphatic carbocycles. The summed E-state index contributed by atoms with van der Waals surface area (Å²) in [6.07, 6.45) is -15.5. The summed E-state index contributed by atoms with van der Waals surface area (Å²) >= 11 is 0. The van der Waals surface area contributed by atoms with E-state index in [1.807, 2.05) is 0 Å². The molecule has 8 unspecified atom stereocenters. The van der Waals surface area contributed by atoms with Crippen molar-refractivity contribution in [3.05, 3.63) is 17.7 Å². The molecule has 200 valence electrons. The van der Waals surface area contributed by atoms with Gasteiger partial charge >= 0.3 is 0 Å². The van der Waals surface area contributed by atoms with E-state index in [0.29, 0.717) is 12.1 Å². The van der Waals surface area contributed by atoms with Gasteiger partial charge < -0.3 is 71.2 Å². The molecule has 0 amide bonds. The maximum Gasteiger partial charge on any atom is 0.234 e. The molecule has 8 atom stereocenters. The van der Waals surface area contributed by atoms with Crippen molar-refractivity contribution < 1.29 is 80.8 Å². The maximum absolute atomic E-state index is 11.9. The Morgan fingerprint density at radius 2 is 1.11 bits per heavy atom. The summed E-state index contributed by atoms with van der Waals surface area (Å²) in [6.45, 7) is -1.73. The van der Waals surface area contributed by atoms with Gasteiger partial charge in [-0.1, -0.05) is 0 Å². The molecule has 0 aliphatic rings. The lowest BCUT2D eigenvalue weighted by molar-refractivity contribution is -0.143. The van der Waals surface area contributed by atoms with Gasteiger partial charge in [-0.3, -0.25) is 9.59 Å². The summed E-state index contributed by atoms with van der Waals surface area (Å²) in [4.78, 5) is 33.5. The number of phenols is 3. The summed E-state index contributed by atoms with van der Waals surface area (Å²) in [6, 6.07) is 1.29. The Labute approximate surface area is 196 Å². The average molecular weight is 512 g/mol. The molecular formula is C19H28O16. The highest BCUT2D eigenvalue weighted by atomic mass is 16.4. The predicted molar refractivity (Wildman–Crippen MR) is 109 cm³/mol. The molecule has 0 fully saturated rings. The molecule has 13 N–H and O–H groups in total. The minimum absolute atomic E-state index is 0.0258. The fourth-order valence-corrected chi connectivity index (χ4v) is 2.31. The van der Waals surface area contributed by atoms with E-state index in [1.165, 1.54) is 0 Å². The van der Waals surface area contributed by atoms with Crippen LogP contribution >= 0.6 is 0 Å². The Morgan fingerprint density at radius 1 is 0.714 bits per heavy atom. The van der Waals surface area contributed by atoms with Crippen molar-refractivity contribution in [1.29, 1.82) is 0 Å². The summed E-state index contributed by atoms with van der Waals surface area (Å²) < 4.78 is 0. The van der Waals surface area contributed by atoms with E-state index < -0.39 is 96.4 Å². The van der Waals surface area contributed by atoms with Crippen LogP contribution in [0.25, 0.3) is 0 Å². The number of carbonyl (C=O) groups excluding carboxylic acids is 3. The second-order valence-electron chi connectivity index (χ2n) is 7.09. The van der Waals surface area contributed by atoms with E-state index in [2.05, 4.69) is 0 Å². The van der Waals surface area contributed by atoms with E-state index in [1.54, 1.807) is 0 Å². The first-order chi connectivity index (χ1) is 16.2. The molecule has 0 bridgehead atoms. The van der Waals surface area contributed by atoms with Crippen molar-refractivity contribution in [2.24, 2.45) is 0 Å². The van der Waals surface area contributed by atoms with E-state index in [0.717, 1.165) is 0 Å². The molecule has 1 aromatic carbocycles. The highest BCUT2D eigenvalue weighted by Crippen LogP contribution is 2.35. The number of phenolic OH excluding ortho intramolecular Hbond substituents is 3. The van der Waals surface area contributed by atoms with Crippen LogP contribution in [0, 0.1) is 0 Å². The fraction of sp³-hybridized carbons (Fsp3) is 0.526. The van der Waals surface area contributed by atoms with Crippen LogP contribution in [0.5, 0.6) is 17.2 Å². The fourth-order valence-electron chi connectivity index (χ4n) is 2.31. The first-order valence-electron chi connectivity index (χ1n) is 9.61. The first kappa shape index (κ1) is 32.2. The number of aldehydes is 1. The van der Waals surface area contributed by atoms with Crippen LogP contribution in [0.1, 0.15) is 10.4 Å². The first-order valence-corrected chi connectivity index (χ1v) is 9.61. The molecule has 0 saturated carbocycles. The number of hydrogen-bond donors (Lipinski definition) is 13. The molecule has 16 heteroatoms. The summed E-state index contributed by atoms with van der Waals surface area (Å²) in [7, 11) is 0. The molecule has 1 rings (SSSR count). The summed E-state index contributed by atoms with van der Waals surface area (Å²) in [5.41, 5.74) is -0.591. The number of aliphatic hydroxyl groups excluding tert-OH is 10. The Balaban J connectivity index is 0.000000814. The lowest BCUT2D eigenvalue weighted by Crippen LogP contribution is -2.50. The smallest absolute Gasteiger partial charge is 0.234 e. The topological polar surface area (TPSA) is 314 Å². The van der Waals surface area contributed by atoms with Crippen LogP contribution in [0.2, 0.25) is 0 Å². The second kappa shape index (κ2) is 14.6. The van der Waals surface area contributed by atoms with Gasteiger partial charge in [0, 0.05) is 5.56 Å². The van der Waals surface area contributed by atoms with Crippen LogP contribution in [-0.4, -0.2) is 146 Å². The Bertz CT molecular complexity index is 821. The summed E-state index contributed by atoms with van der Waals surface area (Å²) in [5.74, 6) is -5.76. The standard InChI is InChI=1S/C13H16O10.C6H12O6/c14-3-7(17)10(20)12(22)13(23)11(21)8(18)4-1-5(15)9(19)6(16)2-4;7-1-3(9)5(11)6(12)4(10)2-8/h1-2,7,10,12-17,19-20,22-23H,3H2;1,3-6,8-12H,2H2. The van der Waals surface area contributed by atoms with Crippen LogP contribution in [0.4, 0.5) is 0 Å². The number of ketones is 2. The predicted octanol–water partition coefficient (Wildman–Crippen LogP) is -6.39. The van der Waals surface area contributed by atoms with E-state index in [4.69, 9.17) is 40.9 Å². The molecule has 16 nitrogen and oxygen atoms in total. The van der Waals surface area contributed by atoms with Crippen LogP contribution in [-0.2, 0) is 9.59 Å². The number of aromatic hydroxyl groups is 3. The van der Waals surface area contributed by atoms with Crippen molar-refractivity contribution in [1.82, 2.24) is 0 Å². The number of hydrogen-bond acceptors (Lipinski definition) is 16. The van der Waals surface area contributed by atoms with Crippen molar-refractivity contribution in [2.45, 2.75) is 48.8 Å². The monoisotopic (exact) mass is 512 g/mol. The van der Waals surface area contributed by atoms with Crippen molar-refractivity contribution in [3.63, 3.8) is 0 Å². The lowest BCUT2D eigenvalue weighted by Gasteiger charge is -2.24. The zero-order chi connectivity index (χ0) is 27.6. The van der Waals surface area contributed by atoms with Crippen molar-refractivity contribution in [3.8, 4) is 17.2 Å². The summed E-state index contributed by atoms with van der Waals surface area (Å²) in [5, 5.41) is 117. The molecule has 0 heterocycles. The number of rotatable bonds is 12. The van der Waals surface area contributed by atoms with Gasteiger partial charge in [0.2, 0.25) is 11.6 Å². The molecule has 0 radical (unpaired) electrons. The Morgan fingerprint density at radius 3 is 1.49 bits per heavy atom.